The van der Waals surface area contributed by atoms with Crippen LogP contribution in [0.1, 0.15) is 24.8 Å². The van der Waals surface area contributed by atoms with Crippen molar-refractivity contribution in [3.05, 3.63) is 35.9 Å². The quantitative estimate of drug-likeness (QED) is 0.549. The number of carboxylic acids is 2. The summed E-state index contributed by atoms with van der Waals surface area (Å²) in [5.41, 5.74) is 11.3. The second kappa shape index (κ2) is 11.0. The summed E-state index contributed by atoms with van der Waals surface area (Å²) in [4.78, 5) is 20.3. The van der Waals surface area contributed by atoms with Crippen LogP contribution in [-0.4, -0.2) is 34.7 Å². The van der Waals surface area contributed by atoms with Gasteiger partial charge in [-0.05, 0) is 24.9 Å². The van der Waals surface area contributed by atoms with Crippen molar-refractivity contribution in [1.29, 1.82) is 0 Å². The zero-order valence-electron chi connectivity index (χ0n) is 11.4. The number of hydrogen-bond acceptors (Lipinski definition) is 4. The molecule has 6 N–H and O–H groups in total. The molecule has 112 valence electrons. The van der Waals surface area contributed by atoms with Gasteiger partial charge in [-0.25, -0.2) is 0 Å². The van der Waals surface area contributed by atoms with E-state index in [2.05, 4.69) is 0 Å². The van der Waals surface area contributed by atoms with Crippen molar-refractivity contribution in [2.45, 2.75) is 31.7 Å². The number of aliphatic carboxylic acids is 2. The first-order valence-corrected chi connectivity index (χ1v) is 6.41. The number of nitrogens with two attached hydrogens (primary N) is 2. The van der Waals surface area contributed by atoms with Crippen LogP contribution in [-0.2, 0) is 16.0 Å². The van der Waals surface area contributed by atoms with E-state index in [9.17, 15) is 9.59 Å². The van der Waals surface area contributed by atoms with E-state index in [0.717, 1.165) is 18.4 Å². The fourth-order valence-electron chi connectivity index (χ4n) is 1.40. The Labute approximate surface area is 118 Å². The molecule has 1 aromatic rings. The first-order chi connectivity index (χ1) is 9.47. The SMILES string of the molecule is NCCCCC(N)C(=O)O.O=C(O)Cc1ccccc1. The average Bonchev–Trinajstić information content (AvgIpc) is 2.40. The maximum atomic E-state index is 10.2. The molecule has 0 radical (unpaired) electrons. The van der Waals surface area contributed by atoms with Gasteiger partial charge in [-0.2, -0.15) is 0 Å². The highest BCUT2D eigenvalue weighted by molar-refractivity contribution is 5.72. The summed E-state index contributed by atoms with van der Waals surface area (Å²) in [5.74, 6) is -1.72. The fraction of sp³-hybridized carbons (Fsp3) is 0.429. The molecule has 20 heavy (non-hydrogen) atoms. The standard InChI is InChI=1S/C8H8O2.C6H14N2O2/c9-8(10)6-7-4-2-1-3-5-7;7-4-2-1-3-5(8)6(9)10/h1-5H,6H2,(H,9,10);5H,1-4,7-8H2,(H,9,10). The smallest absolute Gasteiger partial charge is 0.320 e. The molecule has 1 atom stereocenters. The summed E-state index contributed by atoms with van der Waals surface area (Å²) in [6, 6.07) is 8.41. The van der Waals surface area contributed by atoms with Crippen molar-refractivity contribution in [1.82, 2.24) is 0 Å². The summed E-state index contributed by atoms with van der Waals surface area (Å²) < 4.78 is 0. The van der Waals surface area contributed by atoms with Crippen molar-refractivity contribution in [2.24, 2.45) is 11.5 Å². The van der Waals surface area contributed by atoms with Crippen molar-refractivity contribution in [3.8, 4) is 0 Å². The summed E-state index contributed by atoms with van der Waals surface area (Å²) in [7, 11) is 0. The largest absolute Gasteiger partial charge is 0.481 e. The third-order valence-corrected chi connectivity index (χ3v) is 2.48. The highest BCUT2D eigenvalue weighted by Crippen LogP contribution is 1.98. The molecule has 0 saturated heterocycles. The second-order valence-corrected chi connectivity index (χ2v) is 4.29. The van der Waals surface area contributed by atoms with Gasteiger partial charge in [0.15, 0.2) is 0 Å². The van der Waals surface area contributed by atoms with E-state index in [1.165, 1.54) is 0 Å². The van der Waals surface area contributed by atoms with Gasteiger partial charge in [0.05, 0.1) is 6.42 Å². The minimum absolute atomic E-state index is 0.112. The third-order valence-electron chi connectivity index (χ3n) is 2.48. The van der Waals surface area contributed by atoms with E-state index in [-0.39, 0.29) is 6.42 Å². The fourth-order valence-corrected chi connectivity index (χ4v) is 1.40. The summed E-state index contributed by atoms with van der Waals surface area (Å²) in [5, 5.41) is 16.7. The van der Waals surface area contributed by atoms with Gasteiger partial charge in [0.1, 0.15) is 6.04 Å². The van der Waals surface area contributed by atoms with Crippen molar-refractivity contribution >= 4 is 11.9 Å². The van der Waals surface area contributed by atoms with E-state index >= 15 is 0 Å². The van der Waals surface area contributed by atoms with Crippen LogP contribution in [0.5, 0.6) is 0 Å². The maximum absolute atomic E-state index is 10.2. The van der Waals surface area contributed by atoms with Crippen molar-refractivity contribution < 1.29 is 19.8 Å². The van der Waals surface area contributed by atoms with Crippen LogP contribution in [0.2, 0.25) is 0 Å². The molecule has 0 bridgehead atoms. The Morgan fingerprint density at radius 2 is 1.70 bits per heavy atom. The Kier molecular flexibility index (Phi) is 9.90. The van der Waals surface area contributed by atoms with Gasteiger partial charge in [0.25, 0.3) is 0 Å². The van der Waals surface area contributed by atoms with Crippen LogP contribution in [0.15, 0.2) is 30.3 Å². The molecule has 6 nitrogen and oxygen atoms in total. The molecule has 0 heterocycles. The van der Waals surface area contributed by atoms with E-state index < -0.39 is 18.0 Å². The highest BCUT2D eigenvalue weighted by Gasteiger charge is 2.09. The van der Waals surface area contributed by atoms with Gasteiger partial charge in [-0.3, -0.25) is 9.59 Å². The molecular weight excluding hydrogens is 260 g/mol. The Morgan fingerprint density at radius 3 is 2.15 bits per heavy atom. The monoisotopic (exact) mass is 282 g/mol. The molecule has 0 aliphatic carbocycles. The molecule has 6 heteroatoms. The van der Waals surface area contributed by atoms with Crippen LogP contribution in [0.3, 0.4) is 0 Å². The molecule has 0 saturated carbocycles. The van der Waals surface area contributed by atoms with Gasteiger partial charge in [0, 0.05) is 0 Å². The zero-order chi connectivity index (χ0) is 15.4. The lowest BCUT2D eigenvalue weighted by molar-refractivity contribution is -0.139. The number of carboxylic acid groups (broad SMARTS) is 2. The zero-order valence-corrected chi connectivity index (χ0v) is 11.4. The molecule has 0 fully saturated rings. The highest BCUT2D eigenvalue weighted by atomic mass is 16.4. The number of unbranched alkanes of at least 4 members (excludes halogenated alkanes) is 1. The lowest BCUT2D eigenvalue weighted by Gasteiger charge is -2.03. The normalized spacial score (nSPS) is 11.1. The van der Waals surface area contributed by atoms with Crippen LogP contribution in [0, 0.1) is 0 Å². The molecule has 1 aromatic carbocycles. The van der Waals surface area contributed by atoms with E-state index in [4.69, 9.17) is 21.7 Å². The van der Waals surface area contributed by atoms with Gasteiger partial charge in [-0.15, -0.1) is 0 Å². The van der Waals surface area contributed by atoms with Gasteiger partial charge >= 0.3 is 11.9 Å². The minimum atomic E-state index is -0.933. The summed E-state index contributed by atoms with van der Waals surface area (Å²) in [6.07, 6.45) is 2.28. The Morgan fingerprint density at radius 1 is 1.10 bits per heavy atom. The third kappa shape index (κ3) is 10.0. The first kappa shape index (κ1) is 18.1. The molecule has 0 amide bonds. The maximum Gasteiger partial charge on any atom is 0.320 e. The Bertz CT molecular complexity index is 395. The van der Waals surface area contributed by atoms with E-state index in [1.807, 2.05) is 18.2 Å². The number of hydrogen-bond donors (Lipinski definition) is 4. The second-order valence-electron chi connectivity index (χ2n) is 4.29. The van der Waals surface area contributed by atoms with Crippen molar-refractivity contribution in [3.63, 3.8) is 0 Å². The first-order valence-electron chi connectivity index (χ1n) is 6.41. The van der Waals surface area contributed by atoms with Gasteiger partial charge in [-0.1, -0.05) is 36.8 Å². The van der Waals surface area contributed by atoms with E-state index in [1.54, 1.807) is 12.1 Å². The molecule has 1 rings (SSSR count). The predicted octanol–water partition coefficient (Wildman–Crippen LogP) is 0.841. The molecule has 0 aromatic heterocycles. The predicted molar refractivity (Wildman–Crippen MR) is 76.3 cm³/mol. The molecule has 0 aliphatic rings. The lowest BCUT2D eigenvalue weighted by Crippen LogP contribution is -2.29. The van der Waals surface area contributed by atoms with Crippen molar-refractivity contribution in [2.75, 3.05) is 6.54 Å². The van der Waals surface area contributed by atoms with Crippen LogP contribution in [0.4, 0.5) is 0 Å². The topological polar surface area (TPSA) is 127 Å². The lowest BCUT2D eigenvalue weighted by atomic mass is 10.1. The van der Waals surface area contributed by atoms with Crippen LogP contribution < -0.4 is 11.5 Å². The number of rotatable bonds is 7. The Balaban J connectivity index is 0.000000361. The van der Waals surface area contributed by atoms with Crippen LogP contribution in [0.25, 0.3) is 0 Å². The number of carbonyl (C=O) groups is 2. The molecule has 0 spiro atoms. The summed E-state index contributed by atoms with van der Waals surface area (Å²) in [6.45, 7) is 0.604. The number of benzene rings is 1. The van der Waals surface area contributed by atoms with Gasteiger partial charge in [0.2, 0.25) is 0 Å². The molecule has 0 aliphatic heterocycles. The summed E-state index contributed by atoms with van der Waals surface area (Å²) >= 11 is 0. The van der Waals surface area contributed by atoms with E-state index in [0.29, 0.717) is 13.0 Å². The average molecular weight is 282 g/mol. The molecular formula is C14H22N2O4. The minimum Gasteiger partial charge on any atom is -0.481 e. The molecule has 1 unspecified atom stereocenters. The van der Waals surface area contributed by atoms with Gasteiger partial charge < -0.3 is 21.7 Å². The Hall–Kier alpha value is -1.92. The van der Waals surface area contributed by atoms with Crippen LogP contribution >= 0.6 is 0 Å².